The lowest BCUT2D eigenvalue weighted by Gasteiger charge is -2.29. The standard InChI is InChI=1S/C14H18BrClN2O2/c1-10(9-18-4-6-20-7-5-18)17-14(19)12-3-2-11(16)8-13(12)15/h2-3,8,10H,4-7,9H2,1H3,(H,17,19). The van der Waals surface area contributed by atoms with Crippen molar-refractivity contribution in [3.05, 3.63) is 33.3 Å². The maximum absolute atomic E-state index is 12.2. The molecule has 1 aromatic carbocycles. The van der Waals surface area contributed by atoms with E-state index in [1.165, 1.54) is 0 Å². The fraction of sp³-hybridized carbons (Fsp3) is 0.500. The quantitative estimate of drug-likeness (QED) is 0.896. The van der Waals surface area contributed by atoms with Crippen molar-refractivity contribution in [3.8, 4) is 0 Å². The van der Waals surface area contributed by atoms with E-state index < -0.39 is 0 Å². The van der Waals surface area contributed by atoms with Gasteiger partial charge in [0.25, 0.3) is 5.91 Å². The monoisotopic (exact) mass is 360 g/mol. The van der Waals surface area contributed by atoms with Crippen LogP contribution in [0.25, 0.3) is 0 Å². The highest BCUT2D eigenvalue weighted by molar-refractivity contribution is 9.10. The zero-order valence-electron chi connectivity index (χ0n) is 11.4. The van der Waals surface area contributed by atoms with Gasteiger partial charge in [0.05, 0.1) is 18.8 Å². The van der Waals surface area contributed by atoms with Crippen LogP contribution in [-0.4, -0.2) is 49.7 Å². The van der Waals surface area contributed by atoms with Crippen molar-refractivity contribution in [2.45, 2.75) is 13.0 Å². The lowest BCUT2D eigenvalue weighted by molar-refractivity contribution is 0.0342. The zero-order chi connectivity index (χ0) is 14.5. The predicted octanol–water partition coefficient (Wildman–Crippen LogP) is 2.55. The molecule has 110 valence electrons. The van der Waals surface area contributed by atoms with Crippen molar-refractivity contribution in [1.29, 1.82) is 0 Å². The topological polar surface area (TPSA) is 41.6 Å². The molecule has 1 aliphatic heterocycles. The van der Waals surface area contributed by atoms with Gasteiger partial charge in [-0.3, -0.25) is 9.69 Å². The SMILES string of the molecule is CC(CN1CCOCC1)NC(=O)c1ccc(Cl)cc1Br. The summed E-state index contributed by atoms with van der Waals surface area (Å²) in [4.78, 5) is 14.5. The van der Waals surface area contributed by atoms with E-state index in [1.54, 1.807) is 18.2 Å². The van der Waals surface area contributed by atoms with Crippen LogP contribution in [0.1, 0.15) is 17.3 Å². The molecule has 0 aliphatic carbocycles. The minimum Gasteiger partial charge on any atom is -0.379 e. The van der Waals surface area contributed by atoms with E-state index in [-0.39, 0.29) is 11.9 Å². The van der Waals surface area contributed by atoms with Crippen molar-refractivity contribution < 1.29 is 9.53 Å². The highest BCUT2D eigenvalue weighted by Gasteiger charge is 2.17. The molecular weight excluding hydrogens is 344 g/mol. The number of amides is 1. The molecule has 0 saturated carbocycles. The van der Waals surface area contributed by atoms with Crippen molar-refractivity contribution in [3.63, 3.8) is 0 Å². The van der Waals surface area contributed by atoms with Crippen LogP contribution in [-0.2, 0) is 4.74 Å². The average Bonchev–Trinajstić information content (AvgIpc) is 2.39. The molecule has 0 radical (unpaired) electrons. The number of morpholine rings is 1. The van der Waals surface area contributed by atoms with Crippen LogP contribution in [0.2, 0.25) is 5.02 Å². The molecule has 20 heavy (non-hydrogen) atoms. The molecule has 1 aliphatic rings. The van der Waals surface area contributed by atoms with Crippen molar-refractivity contribution in [2.75, 3.05) is 32.8 Å². The smallest absolute Gasteiger partial charge is 0.252 e. The second-order valence-corrected chi connectivity index (χ2v) is 6.20. The fourth-order valence-electron chi connectivity index (χ4n) is 2.19. The van der Waals surface area contributed by atoms with Crippen LogP contribution in [0, 0.1) is 0 Å². The Morgan fingerprint density at radius 3 is 2.85 bits per heavy atom. The van der Waals surface area contributed by atoms with Gasteiger partial charge in [0.1, 0.15) is 0 Å². The van der Waals surface area contributed by atoms with Gasteiger partial charge >= 0.3 is 0 Å². The molecule has 1 fully saturated rings. The molecule has 1 amide bonds. The number of carbonyl (C=O) groups excluding carboxylic acids is 1. The molecule has 1 N–H and O–H groups in total. The van der Waals surface area contributed by atoms with Gasteiger partial charge in [0.2, 0.25) is 0 Å². The molecule has 1 aromatic rings. The number of ether oxygens (including phenoxy) is 1. The van der Waals surface area contributed by atoms with Gasteiger partial charge in [0, 0.05) is 35.2 Å². The molecule has 6 heteroatoms. The Kier molecular flexibility index (Phi) is 5.84. The summed E-state index contributed by atoms with van der Waals surface area (Å²) in [6.07, 6.45) is 0. The van der Waals surface area contributed by atoms with Gasteiger partial charge < -0.3 is 10.1 Å². The number of nitrogens with one attached hydrogen (secondary N) is 1. The summed E-state index contributed by atoms with van der Waals surface area (Å²) in [5.74, 6) is -0.0886. The lowest BCUT2D eigenvalue weighted by atomic mass is 10.2. The molecule has 1 saturated heterocycles. The molecule has 0 aromatic heterocycles. The third-order valence-electron chi connectivity index (χ3n) is 3.19. The van der Waals surface area contributed by atoms with Crippen LogP contribution in [0.3, 0.4) is 0 Å². The number of nitrogens with zero attached hydrogens (tertiary/aromatic N) is 1. The largest absolute Gasteiger partial charge is 0.379 e. The Bertz CT molecular complexity index is 478. The molecule has 1 unspecified atom stereocenters. The van der Waals surface area contributed by atoms with Crippen molar-refractivity contribution in [1.82, 2.24) is 10.2 Å². The Labute approximate surface area is 132 Å². The number of hydrogen-bond donors (Lipinski definition) is 1. The average molecular weight is 362 g/mol. The molecular formula is C14H18BrClN2O2. The summed E-state index contributed by atoms with van der Waals surface area (Å²) in [7, 11) is 0. The lowest BCUT2D eigenvalue weighted by Crippen LogP contribution is -2.46. The van der Waals surface area contributed by atoms with Gasteiger partial charge in [-0.25, -0.2) is 0 Å². The van der Waals surface area contributed by atoms with Crippen molar-refractivity contribution in [2.24, 2.45) is 0 Å². The van der Waals surface area contributed by atoms with E-state index in [4.69, 9.17) is 16.3 Å². The second kappa shape index (κ2) is 7.41. The molecule has 0 spiro atoms. The van der Waals surface area contributed by atoms with Gasteiger partial charge in [0.15, 0.2) is 0 Å². The molecule has 1 heterocycles. The van der Waals surface area contributed by atoms with Crippen LogP contribution >= 0.6 is 27.5 Å². The molecule has 1 atom stereocenters. The first-order valence-corrected chi connectivity index (χ1v) is 7.79. The third-order valence-corrected chi connectivity index (χ3v) is 4.08. The highest BCUT2D eigenvalue weighted by atomic mass is 79.9. The minimum absolute atomic E-state index is 0.0863. The van der Waals surface area contributed by atoms with Crippen molar-refractivity contribution >= 4 is 33.4 Å². The number of rotatable bonds is 4. The number of carbonyl (C=O) groups is 1. The first kappa shape index (κ1) is 15.8. The Balaban J connectivity index is 1.89. The number of benzene rings is 1. The van der Waals surface area contributed by atoms with Gasteiger partial charge in [-0.15, -0.1) is 0 Å². The highest BCUT2D eigenvalue weighted by Crippen LogP contribution is 2.21. The normalized spacial score (nSPS) is 17.8. The predicted molar refractivity (Wildman–Crippen MR) is 83.3 cm³/mol. The number of halogens is 2. The fourth-order valence-corrected chi connectivity index (χ4v) is 3.05. The van der Waals surface area contributed by atoms with E-state index in [1.807, 2.05) is 6.92 Å². The van der Waals surface area contributed by atoms with E-state index >= 15 is 0 Å². The summed E-state index contributed by atoms with van der Waals surface area (Å²) < 4.78 is 6.02. The summed E-state index contributed by atoms with van der Waals surface area (Å²) in [6.45, 7) is 6.22. The number of hydrogen-bond acceptors (Lipinski definition) is 3. The molecule has 0 bridgehead atoms. The second-order valence-electron chi connectivity index (χ2n) is 4.91. The van der Waals surface area contributed by atoms with Gasteiger partial charge in [-0.05, 0) is 41.1 Å². The first-order valence-electron chi connectivity index (χ1n) is 6.62. The summed E-state index contributed by atoms with van der Waals surface area (Å²) in [5, 5.41) is 3.62. The van der Waals surface area contributed by atoms with E-state index in [0.29, 0.717) is 15.1 Å². The third kappa shape index (κ3) is 4.45. The minimum atomic E-state index is -0.0886. The van der Waals surface area contributed by atoms with E-state index in [2.05, 4.69) is 26.1 Å². The maximum atomic E-state index is 12.2. The molecule has 4 nitrogen and oxygen atoms in total. The van der Waals surface area contributed by atoms with E-state index in [9.17, 15) is 4.79 Å². The van der Waals surface area contributed by atoms with Gasteiger partial charge in [-0.2, -0.15) is 0 Å². The Hall–Kier alpha value is -0.620. The van der Waals surface area contributed by atoms with Crippen LogP contribution in [0.4, 0.5) is 0 Å². The molecule has 2 rings (SSSR count). The van der Waals surface area contributed by atoms with Crippen LogP contribution < -0.4 is 5.32 Å². The van der Waals surface area contributed by atoms with Crippen LogP contribution in [0.5, 0.6) is 0 Å². The zero-order valence-corrected chi connectivity index (χ0v) is 13.7. The van der Waals surface area contributed by atoms with Crippen LogP contribution in [0.15, 0.2) is 22.7 Å². The summed E-state index contributed by atoms with van der Waals surface area (Å²) in [6, 6.07) is 5.25. The summed E-state index contributed by atoms with van der Waals surface area (Å²) >= 11 is 9.24. The Morgan fingerprint density at radius 1 is 1.50 bits per heavy atom. The van der Waals surface area contributed by atoms with Gasteiger partial charge in [-0.1, -0.05) is 11.6 Å². The first-order chi connectivity index (χ1) is 9.56. The Morgan fingerprint density at radius 2 is 2.20 bits per heavy atom. The van der Waals surface area contributed by atoms with E-state index in [0.717, 1.165) is 32.8 Å². The maximum Gasteiger partial charge on any atom is 0.252 e. The summed E-state index contributed by atoms with van der Waals surface area (Å²) in [5.41, 5.74) is 0.600.